The van der Waals surface area contributed by atoms with Crippen molar-refractivity contribution in [3.05, 3.63) is 45.8 Å². The molecule has 5 heteroatoms. The van der Waals surface area contributed by atoms with Crippen LogP contribution in [-0.4, -0.2) is 17.0 Å². The molecule has 1 aromatic heterocycles. The fourth-order valence-electron chi connectivity index (χ4n) is 1.72. The molecule has 0 radical (unpaired) electrons. The SMILES string of the molecule is COc1cccc2c(/C=C(\C)[N+](=O)[O-])c[nH]c12. The molecule has 0 amide bonds. The van der Waals surface area contributed by atoms with Crippen LogP contribution in [0.1, 0.15) is 12.5 Å². The number of hydrogen-bond acceptors (Lipinski definition) is 3. The molecule has 1 N–H and O–H groups in total. The van der Waals surface area contributed by atoms with E-state index in [0.29, 0.717) is 0 Å². The van der Waals surface area contributed by atoms with Gasteiger partial charge >= 0.3 is 0 Å². The van der Waals surface area contributed by atoms with E-state index >= 15 is 0 Å². The molecule has 5 nitrogen and oxygen atoms in total. The molecule has 88 valence electrons. The van der Waals surface area contributed by atoms with Gasteiger partial charge in [-0.05, 0) is 6.07 Å². The first-order chi connectivity index (χ1) is 8.13. The molecular formula is C12H12N2O3. The highest BCUT2D eigenvalue weighted by Crippen LogP contribution is 2.28. The van der Waals surface area contributed by atoms with Gasteiger partial charge in [-0.1, -0.05) is 12.1 Å². The third kappa shape index (κ3) is 1.99. The number of aromatic nitrogens is 1. The van der Waals surface area contributed by atoms with Crippen molar-refractivity contribution in [2.45, 2.75) is 6.92 Å². The number of methoxy groups -OCH3 is 1. The summed E-state index contributed by atoms with van der Waals surface area (Å²) >= 11 is 0. The van der Waals surface area contributed by atoms with Gasteiger partial charge in [0.15, 0.2) is 0 Å². The fraction of sp³-hybridized carbons (Fsp3) is 0.167. The number of nitrogens with zero attached hydrogens (tertiary/aromatic N) is 1. The van der Waals surface area contributed by atoms with Crippen LogP contribution >= 0.6 is 0 Å². The van der Waals surface area contributed by atoms with Gasteiger partial charge in [0, 0.05) is 30.1 Å². The van der Waals surface area contributed by atoms with Gasteiger partial charge in [-0.25, -0.2) is 0 Å². The van der Waals surface area contributed by atoms with Gasteiger partial charge in [0.25, 0.3) is 0 Å². The molecule has 0 unspecified atom stereocenters. The Morgan fingerprint density at radius 2 is 2.29 bits per heavy atom. The maximum absolute atomic E-state index is 10.6. The maximum Gasteiger partial charge on any atom is 0.243 e. The van der Waals surface area contributed by atoms with Crippen LogP contribution in [-0.2, 0) is 0 Å². The van der Waals surface area contributed by atoms with Crippen LogP contribution < -0.4 is 4.74 Å². The van der Waals surface area contributed by atoms with Crippen molar-refractivity contribution >= 4 is 17.0 Å². The first kappa shape index (κ1) is 11.2. The Balaban J connectivity index is 2.58. The molecule has 0 saturated carbocycles. The normalized spacial score (nSPS) is 11.8. The van der Waals surface area contributed by atoms with E-state index in [1.807, 2.05) is 18.2 Å². The summed E-state index contributed by atoms with van der Waals surface area (Å²) in [5.41, 5.74) is 1.74. The molecule has 0 aliphatic rings. The van der Waals surface area contributed by atoms with E-state index in [2.05, 4.69) is 4.98 Å². The van der Waals surface area contributed by atoms with Crippen LogP contribution in [0.4, 0.5) is 0 Å². The second-order valence-electron chi connectivity index (χ2n) is 3.67. The quantitative estimate of drug-likeness (QED) is 0.653. The summed E-state index contributed by atoms with van der Waals surface area (Å²) in [6, 6.07) is 5.59. The van der Waals surface area contributed by atoms with Gasteiger partial charge in [0.1, 0.15) is 5.75 Å². The minimum Gasteiger partial charge on any atom is -0.495 e. The Bertz CT molecular complexity index is 599. The second kappa shape index (κ2) is 4.29. The number of fused-ring (bicyclic) bond motifs is 1. The number of nitro groups is 1. The zero-order valence-electron chi connectivity index (χ0n) is 9.56. The molecule has 0 aliphatic heterocycles. The first-order valence-electron chi connectivity index (χ1n) is 5.10. The Morgan fingerprint density at radius 3 is 2.94 bits per heavy atom. The smallest absolute Gasteiger partial charge is 0.243 e. The summed E-state index contributed by atoms with van der Waals surface area (Å²) in [5.74, 6) is 0.723. The average Bonchev–Trinajstić information content (AvgIpc) is 2.72. The van der Waals surface area contributed by atoms with E-state index in [0.717, 1.165) is 22.2 Å². The van der Waals surface area contributed by atoms with Gasteiger partial charge in [-0.2, -0.15) is 0 Å². The van der Waals surface area contributed by atoms with Gasteiger partial charge in [-0.15, -0.1) is 0 Å². The van der Waals surface area contributed by atoms with Crippen molar-refractivity contribution in [1.82, 2.24) is 4.98 Å². The van der Waals surface area contributed by atoms with Crippen molar-refractivity contribution in [1.29, 1.82) is 0 Å². The number of nitrogens with one attached hydrogen (secondary N) is 1. The summed E-state index contributed by atoms with van der Waals surface area (Å²) in [6.07, 6.45) is 3.28. The number of para-hydroxylation sites is 1. The number of benzene rings is 1. The molecule has 1 heterocycles. The van der Waals surface area contributed by atoms with Crippen molar-refractivity contribution < 1.29 is 9.66 Å². The Labute approximate surface area is 97.9 Å². The maximum atomic E-state index is 10.6. The molecule has 0 fully saturated rings. The molecule has 0 spiro atoms. The van der Waals surface area contributed by atoms with Crippen LogP contribution in [0, 0.1) is 10.1 Å². The van der Waals surface area contributed by atoms with Gasteiger partial charge < -0.3 is 9.72 Å². The number of allylic oxidation sites excluding steroid dienone is 1. The lowest BCUT2D eigenvalue weighted by Gasteiger charge is -2.00. The molecule has 1 aromatic carbocycles. The molecule has 0 saturated heterocycles. The van der Waals surface area contributed by atoms with Gasteiger partial charge in [0.05, 0.1) is 17.5 Å². The summed E-state index contributed by atoms with van der Waals surface area (Å²) in [6.45, 7) is 1.47. The standard InChI is InChI=1S/C12H12N2O3/c1-8(14(15)16)6-9-7-13-12-10(9)4-3-5-11(12)17-2/h3-7,13H,1-2H3/b8-6+. The molecule has 0 bridgehead atoms. The molecule has 2 aromatic rings. The highest BCUT2D eigenvalue weighted by molar-refractivity contribution is 5.92. The van der Waals surface area contributed by atoms with Crippen LogP contribution in [0.15, 0.2) is 30.1 Å². The van der Waals surface area contributed by atoms with Crippen molar-refractivity contribution in [2.24, 2.45) is 0 Å². The van der Waals surface area contributed by atoms with E-state index < -0.39 is 4.92 Å². The van der Waals surface area contributed by atoms with E-state index in [1.54, 1.807) is 13.3 Å². The zero-order chi connectivity index (χ0) is 12.4. The zero-order valence-corrected chi connectivity index (χ0v) is 9.56. The Morgan fingerprint density at radius 1 is 1.53 bits per heavy atom. The van der Waals surface area contributed by atoms with E-state index in [9.17, 15) is 10.1 Å². The lowest BCUT2D eigenvalue weighted by Crippen LogP contribution is -1.92. The highest BCUT2D eigenvalue weighted by atomic mass is 16.6. The molecular weight excluding hydrogens is 220 g/mol. The molecule has 0 aliphatic carbocycles. The Hall–Kier alpha value is -2.30. The average molecular weight is 232 g/mol. The minimum atomic E-state index is -0.404. The summed E-state index contributed by atoms with van der Waals surface area (Å²) in [7, 11) is 1.59. The highest BCUT2D eigenvalue weighted by Gasteiger charge is 2.09. The number of rotatable bonds is 3. The largest absolute Gasteiger partial charge is 0.495 e. The Kier molecular flexibility index (Phi) is 2.82. The molecule has 17 heavy (non-hydrogen) atoms. The third-order valence-corrected chi connectivity index (χ3v) is 2.58. The summed E-state index contributed by atoms with van der Waals surface area (Å²) in [5, 5.41) is 11.5. The lowest BCUT2D eigenvalue weighted by atomic mass is 10.1. The van der Waals surface area contributed by atoms with Crippen molar-refractivity contribution in [2.75, 3.05) is 7.11 Å². The number of H-pyrrole nitrogens is 1. The third-order valence-electron chi connectivity index (χ3n) is 2.58. The lowest BCUT2D eigenvalue weighted by molar-refractivity contribution is -0.422. The van der Waals surface area contributed by atoms with E-state index in [-0.39, 0.29) is 5.70 Å². The number of ether oxygens (including phenoxy) is 1. The number of aromatic amines is 1. The summed E-state index contributed by atoms with van der Waals surface area (Å²) < 4.78 is 5.21. The molecule has 0 atom stereocenters. The van der Waals surface area contributed by atoms with Gasteiger partial charge in [-0.3, -0.25) is 10.1 Å². The predicted octanol–water partition coefficient (Wildman–Crippen LogP) is 2.81. The van der Waals surface area contributed by atoms with Crippen molar-refractivity contribution in [3.8, 4) is 5.75 Å². The van der Waals surface area contributed by atoms with Crippen LogP contribution in [0.5, 0.6) is 5.75 Å². The number of hydrogen-bond donors (Lipinski definition) is 1. The summed E-state index contributed by atoms with van der Waals surface area (Å²) in [4.78, 5) is 13.2. The van der Waals surface area contributed by atoms with Crippen LogP contribution in [0.25, 0.3) is 17.0 Å². The van der Waals surface area contributed by atoms with E-state index in [1.165, 1.54) is 13.0 Å². The van der Waals surface area contributed by atoms with Gasteiger partial charge in [0.2, 0.25) is 5.70 Å². The van der Waals surface area contributed by atoms with Crippen LogP contribution in [0.2, 0.25) is 0 Å². The van der Waals surface area contributed by atoms with Crippen LogP contribution in [0.3, 0.4) is 0 Å². The fourth-order valence-corrected chi connectivity index (χ4v) is 1.72. The second-order valence-corrected chi connectivity index (χ2v) is 3.67. The monoisotopic (exact) mass is 232 g/mol. The minimum absolute atomic E-state index is 0.105. The van der Waals surface area contributed by atoms with Crippen molar-refractivity contribution in [3.63, 3.8) is 0 Å². The topological polar surface area (TPSA) is 68.2 Å². The molecule has 2 rings (SSSR count). The first-order valence-corrected chi connectivity index (χ1v) is 5.10. The predicted molar refractivity (Wildman–Crippen MR) is 65.5 cm³/mol. The van der Waals surface area contributed by atoms with E-state index in [4.69, 9.17) is 4.74 Å².